The number of benzene rings is 2. The minimum absolute atomic E-state index is 0.0667. The summed E-state index contributed by atoms with van der Waals surface area (Å²) in [7, 11) is 0. The molecule has 1 saturated heterocycles. The average molecular weight is 502 g/mol. The molecule has 3 heterocycles. The molecule has 3 N–H and O–H groups in total. The summed E-state index contributed by atoms with van der Waals surface area (Å²) in [5, 5.41) is 0.820. The van der Waals surface area contributed by atoms with Gasteiger partial charge in [0, 0.05) is 24.3 Å². The molecule has 174 valence electrons. The molecule has 1 atom stereocenters. The molecule has 1 aliphatic rings. The fourth-order valence-corrected chi connectivity index (χ4v) is 5.45. The lowest BCUT2D eigenvalue weighted by Gasteiger charge is -2.11. The van der Waals surface area contributed by atoms with Gasteiger partial charge in [-0.3, -0.25) is 0 Å². The Labute approximate surface area is 201 Å². The Hall–Kier alpha value is -3.15. The zero-order valence-corrected chi connectivity index (χ0v) is 19.2. The number of halogens is 3. The lowest BCUT2D eigenvalue weighted by Crippen LogP contribution is -1.99. The molecule has 0 saturated carbocycles. The third-order valence-corrected chi connectivity index (χ3v) is 7.42. The van der Waals surface area contributed by atoms with Crippen molar-refractivity contribution in [3.05, 3.63) is 71.1 Å². The summed E-state index contributed by atoms with van der Waals surface area (Å²) < 4.78 is 51.8. The van der Waals surface area contributed by atoms with E-state index in [0.717, 1.165) is 23.6 Å². The molecular formula is C23H18F3N5OS2. The number of hydrogen-bond donors (Lipinski definition) is 2. The number of nitrogens with two attached hydrogens (primary N) is 1. The van der Waals surface area contributed by atoms with Gasteiger partial charge in [-0.05, 0) is 48.7 Å². The van der Waals surface area contributed by atoms with Crippen LogP contribution in [0.5, 0.6) is 0 Å². The van der Waals surface area contributed by atoms with E-state index in [1.165, 1.54) is 29.7 Å². The van der Waals surface area contributed by atoms with Gasteiger partial charge in [-0.15, -0.1) is 11.3 Å². The van der Waals surface area contributed by atoms with Gasteiger partial charge in [0.2, 0.25) is 5.95 Å². The normalized spacial score (nSPS) is 15.6. The van der Waals surface area contributed by atoms with Crippen molar-refractivity contribution in [2.75, 3.05) is 23.7 Å². The van der Waals surface area contributed by atoms with E-state index in [1.807, 2.05) is 0 Å². The molecule has 5 rings (SSSR count). The summed E-state index contributed by atoms with van der Waals surface area (Å²) in [6.45, 7) is 1.19. The van der Waals surface area contributed by atoms with Gasteiger partial charge in [-0.2, -0.15) is 0 Å². The van der Waals surface area contributed by atoms with E-state index in [9.17, 15) is 8.78 Å². The molecule has 4 aromatic rings. The van der Waals surface area contributed by atoms with Crippen LogP contribution in [-0.2, 0) is 4.74 Å². The highest BCUT2D eigenvalue weighted by atomic mass is 32.2. The molecule has 6 nitrogen and oxygen atoms in total. The molecule has 1 fully saturated rings. The lowest BCUT2D eigenvalue weighted by atomic mass is 10.1. The van der Waals surface area contributed by atoms with Crippen LogP contribution in [0.1, 0.15) is 17.3 Å². The first-order valence-corrected chi connectivity index (χ1v) is 12.0. The number of nitrogen functional groups attached to an aromatic ring is 1. The summed E-state index contributed by atoms with van der Waals surface area (Å²) in [6.07, 6.45) is 2.36. The molecule has 0 amide bonds. The first kappa shape index (κ1) is 22.6. The standard InChI is InChI=1S/C23H18F3N5OS2/c24-14-4-2-5-15(25)20(14)34-31-16-6-1-3-13(18(16)26)19-21(17-7-9-28-23(27)29-17)33-22(30-19)12-8-10-32-11-12/h1-7,9,12,31H,8,10-11H2,(H2,27,28,29). The smallest absolute Gasteiger partial charge is 0.220 e. The first-order valence-electron chi connectivity index (χ1n) is 10.3. The van der Waals surface area contributed by atoms with E-state index in [1.54, 1.807) is 18.2 Å². The van der Waals surface area contributed by atoms with Crippen LogP contribution in [0.15, 0.2) is 53.6 Å². The monoisotopic (exact) mass is 501 g/mol. The Morgan fingerprint density at radius 2 is 1.85 bits per heavy atom. The number of thiazole rings is 1. The number of rotatable bonds is 6. The number of aromatic nitrogens is 3. The van der Waals surface area contributed by atoms with Gasteiger partial charge in [0.25, 0.3) is 0 Å². The minimum atomic E-state index is -0.736. The summed E-state index contributed by atoms with van der Waals surface area (Å²) in [6, 6.07) is 9.99. The van der Waals surface area contributed by atoms with Crippen LogP contribution in [0.3, 0.4) is 0 Å². The van der Waals surface area contributed by atoms with Crippen LogP contribution < -0.4 is 10.5 Å². The number of nitrogens with zero attached hydrogens (tertiary/aromatic N) is 3. The molecular weight excluding hydrogens is 483 g/mol. The molecule has 0 spiro atoms. The molecule has 1 aliphatic heterocycles. The molecule has 11 heteroatoms. The van der Waals surface area contributed by atoms with Gasteiger partial charge >= 0.3 is 0 Å². The van der Waals surface area contributed by atoms with Crippen molar-refractivity contribution in [2.45, 2.75) is 17.2 Å². The summed E-state index contributed by atoms with van der Waals surface area (Å²) >= 11 is 2.08. The molecule has 2 aromatic heterocycles. The fourth-order valence-electron chi connectivity index (χ4n) is 3.58. The zero-order valence-electron chi connectivity index (χ0n) is 17.6. The van der Waals surface area contributed by atoms with Crippen molar-refractivity contribution in [1.82, 2.24) is 15.0 Å². The zero-order chi connectivity index (χ0) is 23.7. The fraction of sp³-hybridized carbons (Fsp3) is 0.174. The van der Waals surface area contributed by atoms with Crippen LogP contribution in [0, 0.1) is 17.5 Å². The second-order valence-corrected chi connectivity index (χ2v) is 9.36. The van der Waals surface area contributed by atoms with E-state index < -0.39 is 17.5 Å². The van der Waals surface area contributed by atoms with Crippen LogP contribution in [0.4, 0.5) is 24.8 Å². The highest BCUT2D eigenvalue weighted by Crippen LogP contribution is 2.42. The maximum absolute atomic E-state index is 15.6. The Kier molecular flexibility index (Phi) is 6.40. The molecule has 0 radical (unpaired) electrons. The van der Waals surface area contributed by atoms with Crippen LogP contribution in [0.25, 0.3) is 21.8 Å². The van der Waals surface area contributed by atoms with E-state index >= 15 is 4.39 Å². The number of anilines is 2. The van der Waals surface area contributed by atoms with Crippen molar-refractivity contribution in [3.63, 3.8) is 0 Å². The number of hydrogen-bond acceptors (Lipinski definition) is 8. The van der Waals surface area contributed by atoms with E-state index in [4.69, 9.17) is 15.5 Å². The van der Waals surface area contributed by atoms with Crippen molar-refractivity contribution >= 4 is 34.9 Å². The quantitative estimate of drug-likeness (QED) is 0.319. The van der Waals surface area contributed by atoms with Crippen LogP contribution in [-0.4, -0.2) is 28.2 Å². The van der Waals surface area contributed by atoms with Crippen LogP contribution in [0.2, 0.25) is 0 Å². The number of ether oxygens (including phenoxy) is 1. The predicted molar refractivity (Wildman–Crippen MR) is 127 cm³/mol. The second-order valence-electron chi connectivity index (χ2n) is 7.51. The summed E-state index contributed by atoms with van der Waals surface area (Å²) in [5.74, 6) is -1.86. The minimum Gasteiger partial charge on any atom is -0.381 e. The first-order chi connectivity index (χ1) is 16.5. The highest BCUT2D eigenvalue weighted by Gasteiger charge is 2.26. The van der Waals surface area contributed by atoms with Crippen molar-refractivity contribution in [2.24, 2.45) is 0 Å². The molecule has 34 heavy (non-hydrogen) atoms. The third kappa shape index (κ3) is 4.46. The topological polar surface area (TPSA) is 86.0 Å². The summed E-state index contributed by atoms with van der Waals surface area (Å²) in [4.78, 5) is 13.4. The van der Waals surface area contributed by atoms with E-state index in [0.29, 0.717) is 41.4 Å². The largest absolute Gasteiger partial charge is 0.381 e. The molecule has 0 bridgehead atoms. The second kappa shape index (κ2) is 9.61. The third-order valence-electron chi connectivity index (χ3n) is 5.27. The molecule has 2 aromatic carbocycles. The Bertz CT molecular complexity index is 1320. The Morgan fingerprint density at radius 3 is 2.59 bits per heavy atom. The SMILES string of the molecule is Nc1nccc(-c2sc(C3CCOC3)nc2-c2cccc(NSc3c(F)cccc3F)c2F)n1. The molecule has 0 aliphatic carbocycles. The van der Waals surface area contributed by atoms with Gasteiger partial charge in [-0.1, -0.05) is 12.1 Å². The van der Waals surface area contributed by atoms with Crippen LogP contribution >= 0.6 is 23.3 Å². The van der Waals surface area contributed by atoms with Crippen molar-refractivity contribution in [3.8, 4) is 21.8 Å². The predicted octanol–water partition coefficient (Wildman–Crippen LogP) is 5.89. The average Bonchev–Trinajstić information content (AvgIpc) is 3.50. The van der Waals surface area contributed by atoms with Gasteiger partial charge in [0.05, 0.1) is 38.5 Å². The van der Waals surface area contributed by atoms with Crippen molar-refractivity contribution < 1.29 is 17.9 Å². The van der Waals surface area contributed by atoms with E-state index in [2.05, 4.69) is 14.7 Å². The summed E-state index contributed by atoms with van der Waals surface area (Å²) in [5.41, 5.74) is 7.02. The Morgan fingerprint density at radius 1 is 1.06 bits per heavy atom. The van der Waals surface area contributed by atoms with Gasteiger partial charge in [0.1, 0.15) is 11.6 Å². The van der Waals surface area contributed by atoms with E-state index in [-0.39, 0.29) is 28.0 Å². The number of nitrogens with one attached hydrogen (secondary N) is 1. The maximum Gasteiger partial charge on any atom is 0.220 e. The molecule has 1 unspecified atom stereocenters. The van der Waals surface area contributed by atoms with Gasteiger partial charge < -0.3 is 15.2 Å². The lowest BCUT2D eigenvalue weighted by molar-refractivity contribution is 0.194. The van der Waals surface area contributed by atoms with Crippen molar-refractivity contribution in [1.29, 1.82) is 0 Å². The van der Waals surface area contributed by atoms with Gasteiger partial charge in [-0.25, -0.2) is 28.1 Å². The van der Waals surface area contributed by atoms with Gasteiger partial charge in [0.15, 0.2) is 5.82 Å². The highest BCUT2D eigenvalue weighted by molar-refractivity contribution is 8.00. The Balaban J connectivity index is 1.54. The maximum atomic E-state index is 15.6.